The smallest absolute Gasteiger partial charge is 0.216 e. The van der Waals surface area contributed by atoms with Crippen LogP contribution in [0.4, 0.5) is 0 Å². The predicted octanol–water partition coefficient (Wildman–Crippen LogP) is 1.74. The molecule has 1 saturated heterocycles. The third kappa shape index (κ3) is 3.43. The van der Waals surface area contributed by atoms with Gasteiger partial charge in [-0.3, -0.25) is 0 Å². The van der Waals surface area contributed by atoms with Crippen molar-refractivity contribution in [3.63, 3.8) is 0 Å². The second kappa shape index (κ2) is 5.99. The standard InChI is InChI=1S/C11H20BrNO3S/c12-6-7-13(10-3-1-4-10)17(14,15)9-11-5-2-8-16-11/h10-11H,1-9H2. The van der Waals surface area contributed by atoms with E-state index < -0.39 is 10.0 Å². The Morgan fingerprint density at radius 2 is 2.00 bits per heavy atom. The lowest BCUT2D eigenvalue weighted by molar-refractivity contribution is 0.125. The van der Waals surface area contributed by atoms with E-state index in [1.165, 1.54) is 0 Å². The lowest BCUT2D eigenvalue weighted by atomic mass is 9.93. The van der Waals surface area contributed by atoms with E-state index in [1.807, 2.05) is 0 Å². The van der Waals surface area contributed by atoms with Crippen LogP contribution in [-0.4, -0.2) is 49.1 Å². The molecular weight excluding hydrogens is 306 g/mol. The van der Waals surface area contributed by atoms with Gasteiger partial charge in [-0.15, -0.1) is 0 Å². The summed E-state index contributed by atoms with van der Waals surface area (Å²) in [5.74, 6) is 0.163. The van der Waals surface area contributed by atoms with Crippen molar-refractivity contribution >= 4 is 26.0 Å². The number of hydrogen-bond donors (Lipinski definition) is 0. The van der Waals surface area contributed by atoms with Gasteiger partial charge < -0.3 is 4.74 Å². The van der Waals surface area contributed by atoms with E-state index in [4.69, 9.17) is 4.74 Å². The van der Waals surface area contributed by atoms with Gasteiger partial charge in [-0.2, -0.15) is 4.31 Å². The molecule has 1 aliphatic heterocycles. The molecule has 0 spiro atoms. The summed E-state index contributed by atoms with van der Waals surface area (Å²) in [6, 6.07) is 0.235. The molecule has 17 heavy (non-hydrogen) atoms. The molecule has 1 atom stereocenters. The first-order valence-corrected chi connectivity index (χ1v) is 9.03. The van der Waals surface area contributed by atoms with Gasteiger partial charge in [0, 0.05) is 24.5 Å². The van der Waals surface area contributed by atoms with Crippen LogP contribution in [-0.2, 0) is 14.8 Å². The summed E-state index contributed by atoms with van der Waals surface area (Å²) in [5, 5.41) is 0.703. The third-order valence-electron chi connectivity index (χ3n) is 3.56. The molecule has 0 radical (unpaired) electrons. The Balaban J connectivity index is 1.98. The van der Waals surface area contributed by atoms with Crippen molar-refractivity contribution < 1.29 is 13.2 Å². The SMILES string of the molecule is O=S(=O)(CC1CCCO1)N(CCBr)C1CCC1. The molecule has 0 amide bonds. The highest BCUT2D eigenvalue weighted by atomic mass is 79.9. The fraction of sp³-hybridized carbons (Fsp3) is 1.00. The Bertz CT molecular complexity index is 337. The molecule has 1 saturated carbocycles. The van der Waals surface area contributed by atoms with E-state index >= 15 is 0 Å². The van der Waals surface area contributed by atoms with E-state index in [2.05, 4.69) is 15.9 Å². The minimum absolute atomic E-state index is 0.0853. The summed E-state index contributed by atoms with van der Waals surface area (Å²) in [5.41, 5.74) is 0. The molecule has 2 aliphatic rings. The van der Waals surface area contributed by atoms with Gasteiger partial charge in [0.15, 0.2) is 0 Å². The number of ether oxygens (including phenoxy) is 1. The largest absolute Gasteiger partial charge is 0.377 e. The van der Waals surface area contributed by atoms with Crippen molar-refractivity contribution in [3.05, 3.63) is 0 Å². The lowest BCUT2D eigenvalue weighted by Gasteiger charge is -2.36. The van der Waals surface area contributed by atoms with Crippen LogP contribution < -0.4 is 0 Å². The number of nitrogens with zero attached hydrogens (tertiary/aromatic N) is 1. The highest BCUT2D eigenvalue weighted by molar-refractivity contribution is 9.09. The van der Waals surface area contributed by atoms with Crippen LogP contribution in [0.25, 0.3) is 0 Å². The van der Waals surface area contributed by atoms with Crippen LogP contribution in [0.1, 0.15) is 32.1 Å². The van der Waals surface area contributed by atoms with Gasteiger partial charge in [0.05, 0.1) is 11.9 Å². The second-order valence-electron chi connectivity index (χ2n) is 4.80. The molecule has 6 heteroatoms. The van der Waals surface area contributed by atoms with Crippen molar-refractivity contribution in [1.82, 2.24) is 4.31 Å². The van der Waals surface area contributed by atoms with Gasteiger partial charge in [-0.1, -0.05) is 22.4 Å². The number of rotatable bonds is 6. The van der Waals surface area contributed by atoms with Crippen LogP contribution >= 0.6 is 15.9 Å². The Kier molecular flexibility index (Phi) is 4.86. The van der Waals surface area contributed by atoms with Gasteiger partial charge >= 0.3 is 0 Å². The van der Waals surface area contributed by atoms with Crippen LogP contribution in [0.3, 0.4) is 0 Å². The van der Waals surface area contributed by atoms with Crippen molar-refractivity contribution in [1.29, 1.82) is 0 Å². The molecule has 2 rings (SSSR count). The van der Waals surface area contributed by atoms with E-state index in [0.29, 0.717) is 18.5 Å². The Morgan fingerprint density at radius 1 is 1.24 bits per heavy atom. The average molecular weight is 326 g/mol. The van der Waals surface area contributed by atoms with Gasteiger partial charge in [0.1, 0.15) is 0 Å². The highest BCUT2D eigenvalue weighted by Gasteiger charge is 2.35. The minimum atomic E-state index is -3.15. The fourth-order valence-corrected chi connectivity index (χ4v) is 4.99. The minimum Gasteiger partial charge on any atom is -0.377 e. The topological polar surface area (TPSA) is 46.6 Å². The zero-order chi connectivity index (χ0) is 12.3. The number of alkyl halides is 1. The van der Waals surface area contributed by atoms with Crippen LogP contribution in [0.5, 0.6) is 0 Å². The van der Waals surface area contributed by atoms with Crippen LogP contribution in [0, 0.1) is 0 Å². The third-order valence-corrected chi connectivity index (χ3v) is 5.91. The average Bonchev–Trinajstić information content (AvgIpc) is 2.66. The molecule has 100 valence electrons. The van der Waals surface area contributed by atoms with Gasteiger partial charge in [-0.25, -0.2) is 8.42 Å². The van der Waals surface area contributed by atoms with Gasteiger partial charge in [0.2, 0.25) is 10.0 Å². The maximum Gasteiger partial charge on any atom is 0.216 e. The maximum atomic E-state index is 12.3. The van der Waals surface area contributed by atoms with Crippen LogP contribution in [0.15, 0.2) is 0 Å². The first kappa shape index (κ1) is 13.8. The molecule has 0 bridgehead atoms. The van der Waals surface area contributed by atoms with Crippen molar-refractivity contribution in [2.75, 3.05) is 24.2 Å². The molecule has 1 aliphatic carbocycles. The van der Waals surface area contributed by atoms with Crippen molar-refractivity contribution in [2.45, 2.75) is 44.2 Å². The summed E-state index contributed by atoms with van der Waals surface area (Å²) in [4.78, 5) is 0. The van der Waals surface area contributed by atoms with E-state index in [-0.39, 0.29) is 17.9 Å². The molecule has 1 unspecified atom stereocenters. The first-order chi connectivity index (χ1) is 8.13. The second-order valence-corrected chi connectivity index (χ2v) is 7.56. The molecule has 0 aromatic heterocycles. The number of hydrogen-bond acceptors (Lipinski definition) is 3. The summed E-state index contributed by atoms with van der Waals surface area (Å²) >= 11 is 3.34. The number of sulfonamides is 1. The van der Waals surface area contributed by atoms with E-state index in [0.717, 1.165) is 32.1 Å². The summed E-state index contributed by atoms with van der Waals surface area (Å²) in [6.45, 7) is 1.29. The van der Waals surface area contributed by atoms with Gasteiger partial charge in [-0.05, 0) is 25.7 Å². The first-order valence-electron chi connectivity index (χ1n) is 6.30. The van der Waals surface area contributed by atoms with E-state index in [9.17, 15) is 8.42 Å². The molecule has 4 nitrogen and oxygen atoms in total. The van der Waals surface area contributed by atoms with E-state index in [1.54, 1.807) is 4.31 Å². The van der Waals surface area contributed by atoms with Gasteiger partial charge in [0.25, 0.3) is 0 Å². The Labute approximate surface area is 112 Å². The maximum absolute atomic E-state index is 12.3. The lowest BCUT2D eigenvalue weighted by Crippen LogP contribution is -2.47. The Morgan fingerprint density at radius 3 is 2.47 bits per heavy atom. The molecule has 2 fully saturated rings. The van der Waals surface area contributed by atoms with Crippen LogP contribution in [0.2, 0.25) is 0 Å². The quantitative estimate of drug-likeness (QED) is 0.699. The Hall–Kier alpha value is 0.350. The normalized spacial score (nSPS) is 26.4. The zero-order valence-corrected chi connectivity index (χ0v) is 12.4. The molecule has 0 aromatic rings. The molecule has 0 aromatic carbocycles. The summed E-state index contributed by atoms with van der Waals surface area (Å²) in [6.07, 6.45) is 4.96. The zero-order valence-electron chi connectivity index (χ0n) is 9.98. The predicted molar refractivity (Wildman–Crippen MR) is 70.9 cm³/mol. The molecule has 1 heterocycles. The van der Waals surface area contributed by atoms with Crippen molar-refractivity contribution in [2.24, 2.45) is 0 Å². The number of halogens is 1. The monoisotopic (exact) mass is 325 g/mol. The summed E-state index contributed by atoms with van der Waals surface area (Å²) < 4.78 is 31.8. The highest BCUT2D eigenvalue weighted by Crippen LogP contribution is 2.28. The van der Waals surface area contributed by atoms with Crippen molar-refractivity contribution in [3.8, 4) is 0 Å². The fourth-order valence-electron chi connectivity index (χ4n) is 2.41. The molecular formula is C11H20BrNO3S. The summed E-state index contributed by atoms with van der Waals surface area (Å²) in [7, 11) is -3.15. The molecule has 0 N–H and O–H groups in total.